The maximum absolute atomic E-state index is 13.2. The first kappa shape index (κ1) is 10.1. The van der Waals surface area contributed by atoms with E-state index in [1.54, 1.807) is 0 Å². The van der Waals surface area contributed by atoms with Gasteiger partial charge >= 0.3 is 0 Å². The Labute approximate surface area is 85.9 Å². The highest BCUT2D eigenvalue weighted by atomic mass is 19.2. The number of carbonyl (C=O) groups excluding carboxylic acids is 1. The minimum atomic E-state index is -0.989. The fourth-order valence-corrected chi connectivity index (χ4v) is 1.64. The predicted molar refractivity (Wildman–Crippen MR) is 49.6 cm³/mol. The minimum Gasteiger partial charge on any atom is -0.487 e. The fourth-order valence-electron chi connectivity index (χ4n) is 1.64. The highest BCUT2D eigenvalue weighted by Crippen LogP contribution is 2.25. The molecular weight excluding hydrogens is 202 g/mol. The highest BCUT2D eigenvalue weighted by molar-refractivity contribution is 5.81. The van der Waals surface area contributed by atoms with Gasteiger partial charge in [-0.05, 0) is 18.6 Å². The molecule has 1 aliphatic rings. The highest BCUT2D eigenvalue weighted by Gasteiger charge is 2.24. The summed E-state index contributed by atoms with van der Waals surface area (Å²) in [5.74, 6) is -1.93. The molecule has 2 nitrogen and oxygen atoms in total. The van der Waals surface area contributed by atoms with E-state index >= 15 is 0 Å². The van der Waals surface area contributed by atoms with Crippen LogP contribution in [0.3, 0.4) is 0 Å². The van der Waals surface area contributed by atoms with E-state index in [0.717, 1.165) is 6.07 Å². The van der Waals surface area contributed by atoms with E-state index in [0.29, 0.717) is 12.8 Å². The molecular formula is C11H10F2O2. The third kappa shape index (κ3) is 2.14. The van der Waals surface area contributed by atoms with Gasteiger partial charge in [0.05, 0.1) is 0 Å². The van der Waals surface area contributed by atoms with Crippen LogP contribution in [-0.2, 0) is 4.79 Å². The van der Waals surface area contributed by atoms with Gasteiger partial charge in [0.25, 0.3) is 0 Å². The van der Waals surface area contributed by atoms with Crippen LogP contribution in [0.4, 0.5) is 8.78 Å². The molecule has 1 aliphatic carbocycles. The van der Waals surface area contributed by atoms with Gasteiger partial charge < -0.3 is 4.74 Å². The Bertz CT molecular complexity index is 390. The number of ketones is 1. The van der Waals surface area contributed by atoms with E-state index in [-0.39, 0.29) is 24.1 Å². The van der Waals surface area contributed by atoms with Crippen molar-refractivity contribution in [3.05, 3.63) is 29.8 Å². The molecule has 15 heavy (non-hydrogen) atoms. The molecule has 0 bridgehead atoms. The summed E-state index contributed by atoms with van der Waals surface area (Å²) in [5, 5.41) is 0. The molecule has 2 rings (SSSR count). The average molecular weight is 212 g/mol. The van der Waals surface area contributed by atoms with E-state index in [9.17, 15) is 13.6 Å². The summed E-state index contributed by atoms with van der Waals surface area (Å²) >= 11 is 0. The minimum absolute atomic E-state index is 0.108. The van der Waals surface area contributed by atoms with Crippen LogP contribution in [0.1, 0.15) is 19.3 Å². The first-order chi connectivity index (χ1) is 7.16. The van der Waals surface area contributed by atoms with Gasteiger partial charge in [0.15, 0.2) is 11.6 Å². The Morgan fingerprint density at radius 1 is 1.33 bits per heavy atom. The molecule has 1 fully saturated rings. The largest absolute Gasteiger partial charge is 0.487 e. The SMILES string of the molecule is O=C1CCC(Oc2cccc(F)c2F)C1. The van der Waals surface area contributed by atoms with E-state index in [2.05, 4.69) is 0 Å². The summed E-state index contributed by atoms with van der Waals surface area (Å²) in [6.45, 7) is 0. The summed E-state index contributed by atoms with van der Waals surface area (Å²) in [6.07, 6.45) is 1.01. The van der Waals surface area contributed by atoms with Crippen molar-refractivity contribution in [2.45, 2.75) is 25.4 Å². The molecule has 0 amide bonds. The van der Waals surface area contributed by atoms with Gasteiger partial charge in [-0.3, -0.25) is 4.79 Å². The van der Waals surface area contributed by atoms with Gasteiger partial charge in [-0.25, -0.2) is 4.39 Å². The molecule has 0 aliphatic heterocycles. The summed E-state index contributed by atoms with van der Waals surface area (Å²) in [4.78, 5) is 10.9. The van der Waals surface area contributed by atoms with Crippen molar-refractivity contribution in [1.82, 2.24) is 0 Å². The van der Waals surface area contributed by atoms with Crippen molar-refractivity contribution in [1.29, 1.82) is 0 Å². The van der Waals surface area contributed by atoms with E-state index in [1.807, 2.05) is 0 Å². The van der Waals surface area contributed by atoms with Gasteiger partial charge in [-0.1, -0.05) is 6.07 Å². The van der Waals surface area contributed by atoms with Gasteiger partial charge in [0, 0.05) is 12.8 Å². The Morgan fingerprint density at radius 3 is 2.80 bits per heavy atom. The van der Waals surface area contributed by atoms with Crippen LogP contribution in [0.25, 0.3) is 0 Å². The number of benzene rings is 1. The molecule has 1 unspecified atom stereocenters. The molecule has 1 atom stereocenters. The number of rotatable bonds is 2. The third-order valence-corrected chi connectivity index (χ3v) is 2.41. The molecule has 0 saturated heterocycles. The molecule has 1 saturated carbocycles. The average Bonchev–Trinajstić information content (AvgIpc) is 2.59. The van der Waals surface area contributed by atoms with Crippen LogP contribution in [0.15, 0.2) is 18.2 Å². The summed E-state index contributed by atoms with van der Waals surface area (Å²) in [6, 6.07) is 3.77. The van der Waals surface area contributed by atoms with Crippen molar-refractivity contribution < 1.29 is 18.3 Å². The maximum Gasteiger partial charge on any atom is 0.200 e. The zero-order valence-corrected chi connectivity index (χ0v) is 8.00. The molecule has 0 N–H and O–H groups in total. The van der Waals surface area contributed by atoms with Crippen molar-refractivity contribution in [2.24, 2.45) is 0 Å². The van der Waals surface area contributed by atoms with Crippen LogP contribution in [0, 0.1) is 11.6 Å². The standard InChI is InChI=1S/C11H10F2O2/c12-9-2-1-3-10(11(9)13)15-8-5-4-7(14)6-8/h1-3,8H,4-6H2. The smallest absolute Gasteiger partial charge is 0.200 e. The molecule has 80 valence electrons. The summed E-state index contributed by atoms with van der Waals surface area (Å²) < 4.78 is 31.2. The molecule has 1 aromatic carbocycles. The number of halogens is 2. The lowest BCUT2D eigenvalue weighted by Crippen LogP contribution is -2.13. The Balaban J connectivity index is 2.11. The van der Waals surface area contributed by atoms with Crippen LogP contribution in [-0.4, -0.2) is 11.9 Å². The first-order valence-corrected chi connectivity index (χ1v) is 4.79. The number of hydrogen-bond acceptors (Lipinski definition) is 2. The molecule has 0 heterocycles. The second-order valence-corrected chi connectivity index (χ2v) is 3.57. The van der Waals surface area contributed by atoms with Crippen molar-refractivity contribution in [2.75, 3.05) is 0 Å². The van der Waals surface area contributed by atoms with Crippen LogP contribution < -0.4 is 4.74 Å². The fraction of sp³-hybridized carbons (Fsp3) is 0.364. The normalized spacial score (nSPS) is 20.7. The molecule has 0 spiro atoms. The quantitative estimate of drug-likeness (QED) is 0.752. The Morgan fingerprint density at radius 2 is 2.13 bits per heavy atom. The van der Waals surface area contributed by atoms with Gasteiger partial charge in [0.1, 0.15) is 11.9 Å². The topological polar surface area (TPSA) is 26.3 Å². The molecule has 0 aromatic heterocycles. The van der Waals surface area contributed by atoms with Crippen molar-refractivity contribution >= 4 is 5.78 Å². The Hall–Kier alpha value is -1.45. The Kier molecular flexibility index (Phi) is 2.66. The molecule has 1 aromatic rings. The van der Waals surface area contributed by atoms with Gasteiger partial charge in [-0.2, -0.15) is 4.39 Å². The second-order valence-electron chi connectivity index (χ2n) is 3.57. The van der Waals surface area contributed by atoms with Crippen LogP contribution >= 0.6 is 0 Å². The number of Topliss-reactive ketones (excluding diaryl/α,β-unsaturated/α-hetero) is 1. The maximum atomic E-state index is 13.2. The number of carbonyl (C=O) groups is 1. The first-order valence-electron chi connectivity index (χ1n) is 4.79. The lowest BCUT2D eigenvalue weighted by Gasteiger charge is -2.12. The van der Waals surface area contributed by atoms with Crippen LogP contribution in [0.5, 0.6) is 5.75 Å². The predicted octanol–water partition coefficient (Wildman–Crippen LogP) is 2.47. The van der Waals surface area contributed by atoms with Gasteiger partial charge in [-0.15, -0.1) is 0 Å². The van der Waals surface area contributed by atoms with E-state index < -0.39 is 11.6 Å². The summed E-state index contributed by atoms with van der Waals surface area (Å²) in [5.41, 5.74) is 0. The number of hydrogen-bond donors (Lipinski definition) is 0. The lowest BCUT2D eigenvalue weighted by molar-refractivity contribution is -0.117. The zero-order chi connectivity index (χ0) is 10.8. The third-order valence-electron chi connectivity index (χ3n) is 2.41. The van der Waals surface area contributed by atoms with E-state index in [4.69, 9.17) is 4.74 Å². The number of ether oxygens (including phenoxy) is 1. The van der Waals surface area contributed by atoms with Crippen molar-refractivity contribution in [3.8, 4) is 5.75 Å². The zero-order valence-electron chi connectivity index (χ0n) is 8.00. The van der Waals surface area contributed by atoms with E-state index in [1.165, 1.54) is 12.1 Å². The molecule has 0 radical (unpaired) electrons. The summed E-state index contributed by atoms with van der Waals surface area (Å²) in [7, 11) is 0. The second kappa shape index (κ2) is 3.96. The van der Waals surface area contributed by atoms with Gasteiger partial charge in [0.2, 0.25) is 5.82 Å². The van der Waals surface area contributed by atoms with Crippen LogP contribution in [0.2, 0.25) is 0 Å². The monoisotopic (exact) mass is 212 g/mol. The molecule has 4 heteroatoms. The van der Waals surface area contributed by atoms with Crippen molar-refractivity contribution in [3.63, 3.8) is 0 Å². The lowest BCUT2D eigenvalue weighted by atomic mass is 10.3.